The van der Waals surface area contributed by atoms with E-state index in [0.717, 1.165) is 16.4 Å². The van der Waals surface area contributed by atoms with Crippen molar-refractivity contribution in [2.45, 2.75) is 5.33 Å². The Morgan fingerprint density at radius 1 is 0.727 bits per heavy atom. The average Bonchev–Trinajstić information content (AvgIpc) is 2.59. The van der Waals surface area contributed by atoms with Crippen molar-refractivity contribution >= 4 is 37.7 Å². The van der Waals surface area contributed by atoms with Crippen LogP contribution in [0.3, 0.4) is 0 Å². The van der Waals surface area contributed by atoms with Crippen molar-refractivity contribution in [2.24, 2.45) is 0 Å². The van der Waals surface area contributed by atoms with Crippen molar-refractivity contribution in [1.29, 1.82) is 0 Å². The zero-order valence-corrected chi connectivity index (χ0v) is 13.5. The summed E-state index contributed by atoms with van der Waals surface area (Å²) >= 11 is 3.59. The van der Waals surface area contributed by atoms with Crippen LogP contribution in [0, 0.1) is 0 Å². The number of benzene rings is 3. The van der Waals surface area contributed by atoms with E-state index in [9.17, 15) is 0 Å². The maximum atomic E-state index is 4.81. The number of fused-ring (bicyclic) bond motifs is 2. The predicted octanol–water partition coefficient (Wildman–Crippen LogP) is 5.95. The summed E-state index contributed by atoms with van der Waals surface area (Å²) in [5, 5.41) is 3.23. The highest BCUT2D eigenvalue weighted by Crippen LogP contribution is 2.32. The van der Waals surface area contributed by atoms with Gasteiger partial charge < -0.3 is 0 Å². The van der Waals surface area contributed by atoms with Gasteiger partial charge in [-0.1, -0.05) is 70.5 Å². The molecule has 0 atom stereocenters. The van der Waals surface area contributed by atoms with Crippen molar-refractivity contribution in [2.75, 3.05) is 0 Å². The second-order valence-corrected chi connectivity index (χ2v) is 5.90. The van der Waals surface area contributed by atoms with Gasteiger partial charge >= 0.3 is 0 Å². The van der Waals surface area contributed by atoms with Crippen molar-refractivity contribution in [3.05, 3.63) is 78.4 Å². The Hall–Kier alpha value is -2.19. The Morgan fingerprint density at radius 3 is 2.36 bits per heavy atom. The summed E-state index contributed by atoms with van der Waals surface area (Å²) in [6.07, 6.45) is 0. The SMILES string of the molecule is BrCc1ccccc1-c1cccc2nc3ccccc3cc12. The third-order valence-corrected chi connectivity index (χ3v) is 4.62. The van der Waals surface area contributed by atoms with E-state index in [0.29, 0.717) is 0 Å². The molecule has 0 fully saturated rings. The molecule has 0 amide bonds. The van der Waals surface area contributed by atoms with Crippen molar-refractivity contribution in [3.63, 3.8) is 0 Å². The molecular formula is C20H14BrN. The van der Waals surface area contributed by atoms with E-state index >= 15 is 0 Å². The topological polar surface area (TPSA) is 12.9 Å². The van der Waals surface area contributed by atoms with Gasteiger partial charge in [0.2, 0.25) is 0 Å². The lowest BCUT2D eigenvalue weighted by molar-refractivity contribution is 1.43. The number of alkyl halides is 1. The van der Waals surface area contributed by atoms with Gasteiger partial charge in [-0.25, -0.2) is 4.98 Å². The molecule has 1 heterocycles. The van der Waals surface area contributed by atoms with E-state index in [1.165, 1.54) is 27.5 Å². The summed E-state index contributed by atoms with van der Waals surface area (Å²) in [7, 11) is 0. The largest absolute Gasteiger partial charge is 0.248 e. The van der Waals surface area contributed by atoms with Gasteiger partial charge in [0.25, 0.3) is 0 Å². The van der Waals surface area contributed by atoms with Gasteiger partial charge in [0, 0.05) is 16.1 Å². The van der Waals surface area contributed by atoms with Crippen LogP contribution < -0.4 is 0 Å². The van der Waals surface area contributed by atoms with Crippen LogP contribution in [0.2, 0.25) is 0 Å². The Labute approximate surface area is 137 Å². The first kappa shape index (κ1) is 13.5. The molecule has 0 N–H and O–H groups in total. The lowest BCUT2D eigenvalue weighted by Gasteiger charge is -2.11. The number of nitrogens with zero attached hydrogens (tertiary/aromatic N) is 1. The van der Waals surface area contributed by atoms with Crippen molar-refractivity contribution in [1.82, 2.24) is 4.98 Å². The third kappa shape index (κ3) is 2.20. The van der Waals surface area contributed by atoms with E-state index < -0.39 is 0 Å². The molecule has 0 saturated heterocycles. The number of hydrogen-bond acceptors (Lipinski definition) is 1. The second-order valence-electron chi connectivity index (χ2n) is 5.34. The molecule has 3 aromatic carbocycles. The van der Waals surface area contributed by atoms with Crippen LogP contribution in [0.1, 0.15) is 5.56 Å². The molecule has 0 aliphatic carbocycles. The fourth-order valence-electron chi connectivity index (χ4n) is 2.93. The Kier molecular flexibility index (Phi) is 3.39. The van der Waals surface area contributed by atoms with Crippen LogP contribution in [-0.4, -0.2) is 4.98 Å². The standard InChI is InChI=1S/C20H14BrN/c21-13-15-7-1-3-8-16(15)17-9-5-11-20-18(17)12-14-6-2-4-10-19(14)22-20/h1-12H,13H2. The monoisotopic (exact) mass is 347 g/mol. The number of halogens is 1. The van der Waals surface area contributed by atoms with Crippen LogP contribution in [-0.2, 0) is 5.33 Å². The molecule has 0 bridgehead atoms. The van der Waals surface area contributed by atoms with Crippen LogP contribution in [0.15, 0.2) is 72.8 Å². The normalized spacial score (nSPS) is 11.1. The number of rotatable bonds is 2. The number of para-hydroxylation sites is 1. The molecule has 0 aliphatic heterocycles. The molecule has 2 heteroatoms. The number of pyridine rings is 1. The number of hydrogen-bond donors (Lipinski definition) is 0. The van der Waals surface area contributed by atoms with Crippen LogP contribution in [0.4, 0.5) is 0 Å². The first-order valence-electron chi connectivity index (χ1n) is 7.29. The molecule has 0 aliphatic rings. The van der Waals surface area contributed by atoms with Crippen LogP contribution >= 0.6 is 15.9 Å². The summed E-state index contributed by atoms with van der Waals surface area (Å²) in [4.78, 5) is 4.81. The minimum atomic E-state index is 0.848. The first-order chi connectivity index (χ1) is 10.9. The molecular weight excluding hydrogens is 334 g/mol. The molecule has 4 aromatic rings. The van der Waals surface area contributed by atoms with Gasteiger partial charge in [-0.05, 0) is 34.9 Å². The van der Waals surface area contributed by atoms with E-state index in [-0.39, 0.29) is 0 Å². The molecule has 1 aromatic heterocycles. The van der Waals surface area contributed by atoms with E-state index in [1.54, 1.807) is 0 Å². The summed E-state index contributed by atoms with van der Waals surface area (Å²) in [5.41, 5.74) is 5.89. The third-order valence-electron chi connectivity index (χ3n) is 4.01. The molecule has 0 unspecified atom stereocenters. The van der Waals surface area contributed by atoms with Crippen LogP contribution in [0.25, 0.3) is 32.9 Å². The maximum Gasteiger partial charge on any atom is 0.0715 e. The Morgan fingerprint density at radius 2 is 1.45 bits per heavy atom. The highest BCUT2D eigenvalue weighted by Gasteiger charge is 2.09. The molecule has 0 spiro atoms. The lowest BCUT2D eigenvalue weighted by atomic mass is 9.96. The highest BCUT2D eigenvalue weighted by molar-refractivity contribution is 9.08. The van der Waals surface area contributed by atoms with Gasteiger partial charge in [-0.15, -0.1) is 0 Å². The van der Waals surface area contributed by atoms with E-state index in [2.05, 4.69) is 82.7 Å². The van der Waals surface area contributed by atoms with E-state index in [1.807, 2.05) is 6.07 Å². The summed E-state index contributed by atoms with van der Waals surface area (Å²) < 4.78 is 0. The minimum Gasteiger partial charge on any atom is -0.248 e. The molecule has 106 valence electrons. The van der Waals surface area contributed by atoms with Crippen molar-refractivity contribution < 1.29 is 0 Å². The zero-order valence-electron chi connectivity index (χ0n) is 12.0. The Bertz CT molecular complexity index is 975. The number of aromatic nitrogens is 1. The van der Waals surface area contributed by atoms with Gasteiger partial charge in [0.1, 0.15) is 0 Å². The van der Waals surface area contributed by atoms with Crippen LogP contribution in [0.5, 0.6) is 0 Å². The highest BCUT2D eigenvalue weighted by atomic mass is 79.9. The first-order valence-corrected chi connectivity index (χ1v) is 8.42. The molecule has 4 rings (SSSR count). The fourth-order valence-corrected chi connectivity index (χ4v) is 3.42. The zero-order chi connectivity index (χ0) is 14.9. The van der Waals surface area contributed by atoms with Gasteiger partial charge in [0.15, 0.2) is 0 Å². The average molecular weight is 348 g/mol. The van der Waals surface area contributed by atoms with Gasteiger partial charge in [0.05, 0.1) is 11.0 Å². The molecule has 0 saturated carbocycles. The van der Waals surface area contributed by atoms with E-state index in [4.69, 9.17) is 4.98 Å². The smallest absolute Gasteiger partial charge is 0.0715 e. The van der Waals surface area contributed by atoms with Gasteiger partial charge in [-0.2, -0.15) is 0 Å². The summed E-state index contributed by atoms with van der Waals surface area (Å²) in [5.74, 6) is 0. The maximum absolute atomic E-state index is 4.81. The molecule has 22 heavy (non-hydrogen) atoms. The Balaban J connectivity index is 2.07. The van der Waals surface area contributed by atoms with Crippen molar-refractivity contribution in [3.8, 4) is 11.1 Å². The molecule has 0 radical (unpaired) electrons. The van der Waals surface area contributed by atoms with Gasteiger partial charge in [-0.3, -0.25) is 0 Å². The predicted molar refractivity (Wildman–Crippen MR) is 97.3 cm³/mol. The fraction of sp³-hybridized carbons (Fsp3) is 0.0500. The summed E-state index contributed by atoms with van der Waals surface area (Å²) in [6, 6.07) is 25.4. The summed E-state index contributed by atoms with van der Waals surface area (Å²) in [6.45, 7) is 0. The second kappa shape index (κ2) is 5.54. The lowest BCUT2D eigenvalue weighted by Crippen LogP contribution is -1.89. The quantitative estimate of drug-likeness (QED) is 0.322. The molecule has 1 nitrogen and oxygen atoms in total. The minimum absolute atomic E-state index is 0.848.